The highest BCUT2D eigenvalue weighted by Crippen LogP contribution is 2.39. The average molecular weight is 544 g/mol. The third-order valence-corrected chi connectivity index (χ3v) is 5.81. The highest BCUT2D eigenvalue weighted by Gasteiger charge is 2.35. The Balaban J connectivity index is 1.78. The van der Waals surface area contributed by atoms with E-state index in [1.54, 1.807) is 0 Å². The van der Waals surface area contributed by atoms with Crippen molar-refractivity contribution in [1.82, 2.24) is 19.3 Å². The van der Waals surface area contributed by atoms with Gasteiger partial charge in [-0.25, -0.2) is 19.1 Å². The molecule has 0 aliphatic rings. The second-order valence-corrected chi connectivity index (χ2v) is 8.47. The van der Waals surface area contributed by atoms with Gasteiger partial charge in [-0.15, -0.1) is 0 Å². The van der Waals surface area contributed by atoms with Crippen LogP contribution >= 0.6 is 0 Å². The Labute approximate surface area is 220 Å². The van der Waals surface area contributed by atoms with Crippen LogP contribution in [0.5, 0.6) is 0 Å². The standard InChI is InChI=1S/C26H24F3N5O5/c1-4-5-12-39-25(37)34-19(16-8-6-7-9-17(16)26(27,28)29)13-15-10-11-21(30-22(15)34)31-23(35)20-14-18(24(36)38-3)32-33(20)2/h6-11,13-14H,4-5,12H2,1-3H3,(H,30,31,35). The largest absolute Gasteiger partial charge is 0.464 e. The number of carbonyl (C=O) groups is 3. The van der Waals surface area contributed by atoms with Crippen molar-refractivity contribution in [2.24, 2.45) is 7.05 Å². The summed E-state index contributed by atoms with van der Waals surface area (Å²) in [5.41, 5.74) is -1.30. The molecule has 3 heterocycles. The van der Waals surface area contributed by atoms with Gasteiger partial charge in [0.1, 0.15) is 11.5 Å². The Bertz CT molecular complexity index is 1560. The molecular formula is C26H24F3N5O5. The van der Waals surface area contributed by atoms with Gasteiger partial charge >= 0.3 is 18.2 Å². The van der Waals surface area contributed by atoms with Crippen molar-refractivity contribution in [2.75, 3.05) is 19.0 Å². The second-order valence-electron chi connectivity index (χ2n) is 8.47. The molecule has 0 spiro atoms. The Morgan fingerprint density at radius 1 is 1.08 bits per heavy atom. The molecule has 204 valence electrons. The number of methoxy groups -OCH3 is 1. The minimum Gasteiger partial charge on any atom is -0.464 e. The van der Waals surface area contributed by atoms with E-state index >= 15 is 0 Å². The molecule has 0 aliphatic heterocycles. The number of alkyl halides is 3. The quantitative estimate of drug-likeness (QED) is 0.249. The fourth-order valence-electron chi connectivity index (χ4n) is 3.92. The molecule has 1 amide bonds. The molecule has 0 aliphatic carbocycles. The number of hydrogen-bond acceptors (Lipinski definition) is 7. The van der Waals surface area contributed by atoms with Crippen LogP contribution in [0.3, 0.4) is 0 Å². The molecule has 1 aromatic carbocycles. The summed E-state index contributed by atoms with van der Waals surface area (Å²) in [6.07, 6.45) is -4.28. The monoisotopic (exact) mass is 543 g/mol. The summed E-state index contributed by atoms with van der Waals surface area (Å²) in [6.45, 7) is 1.96. The zero-order valence-electron chi connectivity index (χ0n) is 21.2. The molecule has 3 aromatic heterocycles. The van der Waals surface area contributed by atoms with E-state index in [0.717, 1.165) is 17.1 Å². The third-order valence-electron chi connectivity index (χ3n) is 5.81. The topological polar surface area (TPSA) is 117 Å². The van der Waals surface area contributed by atoms with E-state index in [2.05, 4.69) is 20.1 Å². The number of amides is 1. The Hall–Kier alpha value is -4.68. The predicted octanol–water partition coefficient (Wildman–Crippen LogP) is 5.28. The Morgan fingerprint density at radius 2 is 1.82 bits per heavy atom. The second kappa shape index (κ2) is 11.0. The van der Waals surface area contributed by atoms with Crippen molar-refractivity contribution >= 4 is 34.8 Å². The number of halogens is 3. The number of hydrogen-bond donors (Lipinski definition) is 1. The lowest BCUT2D eigenvalue weighted by Gasteiger charge is -2.15. The average Bonchev–Trinajstić information content (AvgIpc) is 3.48. The Morgan fingerprint density at radius 3 is 2.51 bits per heavy atom. The molecule has 1 N–H and O–H groups in total. The van der Waals surface area contributed by atoms with Crippen LogP contribution in [-0.4, -0.2) is 51.0 Å². The van der Waals surface area contributed by atoms with Crippen LogP contribution in [0.4, 0.5) is 23.8 Å². The van der Waals surface area contributed by atoms with E-state index in [-0.39, 0.29) is 40.7 Å². The molecule has 0 atom stereocenters. The molecule has 0 bridgehead atoms. The SMILES string of the molecule is CCCCOC(=O)n1c(-c2ccccc2C(F)(F)F)cc2ccc(NC(=O)c3cc(C(=O)OC)nn3C)nc21. The van der Waals surface area contributed by atoms with Crippen LogP contribution in [0.15, 0.2) is 48.5 Å². The van der Waals surface area contributed by atoms with Gasteiger partial charge in [-0.05, 0) is 30.7 Å². The molecule has 10 nitrogen and oxygen atoms in total. The molecule has 39 heavy (non-hydrogen) atoms. The number of rotatable bonds is 7. The molecular weight excluding hydrogens is 519 g/mol. The zero-order valence-corrected chi connectivity index (χ0v) is 21.2. The first-order valence-electron chi connectivity index (χ1n) is 11.8. The number of esters is 1. The number of nitrogens with one attached hydrogen (secondary N) is 1. The maximum Gasteiger partial charge on any atom is 0.420 e. The molecule has 0 fully saturated rings. The minimum atomic E-state index is -4.68. The lowest BCUT2D eigenvalue weighted by atomic mass is 10.0. The lowest BCUT2D eigenvalue weighted by molar-refractivity contribution is -0.137. The van der Waals surface area contributed by atoms with E-state index < -0.39 is 29.7 Å². The summed E-state index contributed by atoms with van der Waals surface area (Å²) in [6, 6.07) is 10.5. The molecule has 0 saturated heterocycles. The molecule has 13 heteroatoms. The fourth-order valence-corrected chi connectivity index (χ4v) is 3.92. The van der Waals surface area contributed by atoms with Crippen molar-refractivity contribution in [3.8, 4) is 11.3 Å². The van der Waals surface area contributed by atoms with Gasteiger partial charge in [0.25, 0.3) is 5.91 Å². The van der Waals surface area contributed by atoms with Gasteiger partial charge in [-0.1, -0.05) is 31.5 Å². The molecule has 0 saturated carbocycles. The van der Waals surface area contributed by atoms with Crippen molar-refractivity contribution in [3.05, 3.63) is 65.5 Å². The zero-order chi connectivity index (χ0) is 28.3. The predicted molar refractivity (Wildman–Crippen MR) is 134 cm³/mol. The number of benzene rings is 1. The van der Waals surface area contributed by atoms with Gasteiger partial charge in [-0.3, -0.25) is 9.48 Å². The van der Waals surface area contributed by atoms with E-state index in [0.29, 0.717) is 11.8 Å². The van der Waals surface area contributed by atoms with E-state index in [9.17, 15) is 27.6 Å². The number of carbonyl (C=O) groups excluding carboxylic acids is 3. The molecule has 4 aromatic rings. The number of ether oxygens (including phenoxy) is 2. The lowest BCUT2D eigenvalue weighted by Crippen LogP contribution is -2.19. The molecule has 0 radical (unpaired) electrons. The van der Waals surface area contributed by atoms with E-state index in [1.807, 2.05) is 6.92 Å². The highest BCUT2D eigenvalue weighted by atomic mass is 19.4. The number of aromatic nitrogens is 4. The molecule has 0 unspecified atom stereocenters. The highest BCUT2D eigenvalue weighted by molar-refractivity contribution is 6.04. The first-order chi connectivity index (χ1) is 18.5. The number of fused-ring (bicyclic) bond motifs is 1. The van der Waals surface area contributed by atoms with Crippen LogP contribution in [0.25, 0.3) is 22.3 Å². The maximum atomic E-state index is 13.8. The summed E-state index contributed by atoms with van der Waals surface area (Å²) in [4.78, 5) is 42.1. The van der Waals surface area contributed by atoms with Gasteiger partial charge < -0.3 is 14.8 Å². The smallest absolute Gasteiger partial charge is 0.420 e. The minimum absolute atomic E-state index is 0.00434. The van der Waals surface area contributed by atoms with Crippen LogP contribution < -0.4 is 5.32 Å². The van der Waals surface area contributed by atoms with Crippen molar-refractivity contribution < 1.29 is 37.0 Å². The first kappa shape index (κ1) is 27.4. The number of pyridine rings is 1. The van der Waals surface area contributed by atoms with Crippen molar-refractivity contribution in [1.29, 1.82) is 0 Å². The number of unbranched alkanes of at least 4 members (excludes halogenated alkanes) is 1. The third kappa shape index (κ3) is 5.61. The summed E-state index contributed by atoms with van der Waals surface area (Å²) >= 11 is 0. The van der Waals surface area contributed by atoms with Crippen molar-refractivity contribution in [3.63, 3.8) is 0 Å². The van der Waals surface area contributed by atoms with Crippen LogP contribution in [0, 0.1) is 0 Å². The van der Waals surface area contributed by atoms with Crippen molar-refractivity contribution in [2.45, 2.75) is 25.9 Å². The summed E-state index contributed by atoms with van der Waals surface area (Å²) in [7, 11) is 2.64. The van der Waals surface area contributed by atoms with Gasteiger partial charge in [-0.2, -0.15) is 18.3 Å². The number of aryl methyl sites for hydroxylation is 1. The molecule has 4 rings (SSSR count). The maximum absolute atomic E-state index is 13.8. The van der Waals surface area contributed by atoms with Crippen LogP contribution in [0.2, 0.25) is 0 Å². The number of anilines is 1. The summed E-state index contributed by atoms with van der Waals surface area (Å²) in [5.74, 6) is -1.39. The number of nitrogens with zero attached hydrogens (tertiary/aromatic N) is 4. The van der Waals surface area contributed by atoms with Crippen LogP contribution in [0.1, 0.15) is 46.3 Å². The fraction of sp³-hybridized carbons (Fsp3) is 0.269. The van der Waals surface area contributed by atoms with Gasteiger partial charge in [0, 0.05) is 24.1 Å². The van der Waals surface area contributed by atoms with Crippen LogP contribution in [-0.2, 0) is 22.7 Å². The van der Waals surface area contributed by atoms with Gasteiger partial charge in [0.05, 0.1) is 25.0 Å². The van der Waals surface area contributed by atoms with Gasteiger partial charge in [0.2, 0.25) is 0 Å². The first-order valence-corrected chi connectivity index (χ1v) is 11.8. The van der Waals surface area contributed by atoms with Gasteiger partial charge in [0.15, 0.2) is 11.3 Å². The summed E-state index contributed by atoms with van der Waals surface area (Å²) in [5, 5.41) is 6.84. The summed E-state index contributed by atoms with van der Waals surface area (Å²) < 4.78 is 53.5. The Kier molecular flexibility index (Phi) is 7.70. The normalized spacial score (nSPS) is 11.4. The van der Waals surface area contributed by atoms with E-state index in [4.69, 9.17) is 4.74 Å². The van der Waals surface area contributed by atoms with E-state index in [1.165, 1.54) is 61.3 Å².